The van der Waals surface area contributed by atoms with Crippen LogP contribution in [0.4, 0.5) is 0 Å². The maximum Gasteiger partial charge on any atom is 0.00797 e. The Morgan fingerprint density at radius 3 is 2.60 bits per heavy atom. The Morgan fingerprint density at radius 1 is 1.27 bits per heavy atom. The fraction of sp³-hybridized carbons (Fsp3) is 1.00. The first kappa shape index (κ1) is 11.4. The topological polar surface area (TPSA) is 15.3 Å². The molecule has 0 spiro atoms. The van der Waals surface area contributed by atoms with E-state index in [9.17, 15) is 0 Å². The van der Waals surface area contributed by atoms with Gasteiger partial charge in [-0.15, -0.1) is 0 Å². The summed E-state index contributed by atoms with van der Waals surface area (Å²) >= 11 is 0. The molecule has 88 valence electrons. The summed E-state index contributed by atoms with van der Waals surface area (Å²) in [6, 6.07) is 0.819. The second-order valence-electron chi connectivity index (χ2n) is 6.09. The van der Waals surface area contributed by atoms with Crippen molar-refractivity contribution < 1.29 is 0 Å². The van der Waals surface area contributed by atoms with E-state index in [-0.39, 0.29) is 0 Å². The minimum atomic E-state index is 0.599. The van der Waals surface area contributed by atoms with Crippen molar-refractivity contribution in [1.82, 2.24) is 10.2 Å². The SMILES string of the molecule is CC1(C)CCN(CCC2CCCN2)CC1. The Morgan fingerprint density at radius 2 is 2.00 bits per heavy atom. The maximum absolute atomic E-state index is 3.59. The third kappa shape index (κ3) is 3.46. The average Bonchev–Trinajstić information content (AvgIpc) is 2.69. The van der Waals surface area contributed by atoms with Gasteiger partial charge in [0.05, 0.1) is 0 Å². The lowest BCUT2D eigenvalue weighted by molar-refractivity contribution is 0.129. The molecule has 0 aliphatic carbocycles. The summed E-state index contributed by atoms with van der Waals surface area (Å²) in [5, 5.41) is 3.59. The van der Waals surface area contributed by atoms with Crippen LogP contribution in [0.1, 0.15) is 46.0 Å². The molecule has 2 saturated heterocycles. The van der Waals surface area contributed by atoms with Gasteiger partial charge in [-0.2, -0.15) is 0 Å². The highest BCUT2D eigenvalue weighted by molar-refractivity contribution is 4.80. The van der Waals surface area contributed by atoms with Gasteiger partial charge in [-0.05, 0) is 63.7 Å². The van der Waals surface area contributed by atoms with E-state index in [2.05, 4.69) is 24.1 Å². The van der Waals surface area contributed by atoms with Gasteiger partial charge in [-0.3, -0.25) is 0 Å². The monoisotopic (exact) mass is 210 g/mol. The quantitative estimate of drug-likeness (QED) is 0.768. The zero-order valence-electron chi connectivity index (χ0n) is 10.4. The third-order valence-electron chi connectivity index (χ3n) is 4.17. The molecule has 0 aromatic carbocycles. The molecule has 2 aliphatic rings. The van der Waals surface area contributed by atoms with E-state index in [1.807, 2.05) is 0 Å². The van der Waals surface area contributed by atoms with Gasteiger partial charge in [0.15, 0.2) is 0 Å². The van der Waals surface area contributed by atoms with Crippen LogP contribution >= 0.6 is 0 Å². The number of piperidine rings is 1. The van der Waals surface area contributed by atoms with E-state index in [0.29, 0.717) is 5.41 Å². The number of likely N-dealkylation sites (tertiary alicyclic amines) is 1. The Labute approximate surface area is 94.4 Å². The van der Waals surface area contributed by atoms with Crippen molar-refractivity contribution in [2.45, 2.75) is 52.0 Å². The number of rotatable bonds is 3. The van der Waals surface area contributed by atoms with Gasteiger partial charge in [0, 0.05) is 6.04 Å². The van der Waals surface area contributed by atoms with Crippen molar-refractivity contribution in [3.8, 4) is 0 Å². The maximum atomic E-state index is 3.59. The van der Waals surface area contributed by atoms with Gasteiger partial charge in [-0.1, -0.05) is 13.8 Å². The van der Waals surface area contributed by atoms with Crippen LogP contribution in [0.5, 0.6) is 0 Å². The first-order valence-electron chi connectivity index (χ1n) is 6.61. The minimum absolute atomic E-state index is 0.599. The summed E-state index contributed by atoms with van der Waals surface area (Å²) in [5.74, 6) is 0. The molecule has 0 aromatic heterocycles. The molecule has 2 nitrogen and oxygen atoms in total. The van der Waals surface area contributed by atoms with Crippen LogP contribution in [0.15, 0.2) is 0 Å². The highest BCUT2D eigenvalue weighted by atomic mass is 15.1. The molecule has 0 bridgehead atoms. The number of hydrogen-bond acceptors (Lipinski definition) is 2. The standard InChI is InChI=1S/C13H26N2/c1-13(2)6-10-15(11-7-13)9-5-12-4-3-8-14-12/h12,14H,3-11H2,1-2H3. The molecule has 2 heterocycles. The molecule has 2 rings (SSSR count). The van der Waals surface area contributed by atoms with Crippen LogP contribution < -0.4 is 5.32 Å². The second kappa shape index (κ2) is 4.84. The molecule has 0 aromatic rings. The van der Waals surface area contributed by atoms with E-state index in [0.717, 1.165) is 6.04 Å². The van der Waals surface area contributed by atoms with Crippen LogP contribution in [0, 0.1) is 5.41 Å². The lowest BCUT2D eigenvalue weighted by Gasteiger charge is -2.37. The molecular formula is C13H26N2. The van der Waals surface area contributed by atoms with Crippen LogP contribution in [-0.4, -0.2) is 37.1 Å². The second-order valence-corrected chi connectivity index (χ2v) is 6.09. The Balaban J connectivity index is 1.64. The van der Waals surface area contributed by atoms with Crippen molar-refractivity contribution in [1.29, 1.82) is 0 Å². The van der Waals surface area contributed by atoms with Crippen LogP contribution in [0.3, 0.4) is 0 Å². The normalized spacial score (nSPS) is 32.0. The van der Waals surface area contributed by atoms with Crippen LogP contribution in [-0.2, 0) is 0 Å². The Hall–Kier alpha value is -0.0800. The molecule has 0 radical (unpaired) electrons. The van der Waals surface area contributed by atoms with Gasteiger partial charge in [-0.25, -0.2) is 0 Å². The lowest BCUT2D eigenvalue weighted by atomic mass is 9.82. The van der Waals surface area contributed by atoms with E-state index >= 15 is 0 Å². The fourth-order valence-corrected chi connectivity index (χ4v) is 2.72. The molecule has 2 heteroatoms. The smallest absolute Gasteiger partial charge is 0.00797 e. The number of hydrogen-bond donors (Lipinski definition) is 1. The van der Waals surface area contributed by atoms with E-state index in [1.54, 1.807) is 0 Å². The predicted octanol–water partition coefficient (Wildman–Crippen LogP) is 2.25. The summed E-state index contributed by atoms with van der Waals surface area (Å²) in [6.45, 7) is 10.0. The van der Waals surface area contributed by atoms with E-state index < -0.39 is 0 Å². The molecule has 2 fully saturated rings. The van der Waals surface area contributed by atoms with Crippen molar-refractivity contribution in [3.05, 3.63) is 0 Å². The fourth-order valence-electron chi connectivity index (χ4n) is 2.72. The summed E-state index contributed by atoms with van der Waals surface area (Å²) in [5.41, 5.74) is 0.599. The van der Waals surface area contributed by atoms with Crippen molar-refractivity contribution in [2.24, 2.45) is 5.41 Å². The average molecular weight is 210 g/mol. The van der Waals surface area contributed by atoms with E-state index in [1.165, 1.54) is 58.3 Å². The summed E-state index contributed by atoms with van der Waals surface area (Å²) < 4.78 is 0. The van der Waals surface area contributed by atoms with E-state index in [4.69, 9.17) is 0 Å². The first-order chi connectivity index (χ1) is 7.16. The number of nitrogens with zero attached hydrogens (tertiary/aromatic N) is 1. The molecule has 1 N–H and O–H groups in total. The Bertz CT molecular complexity index is 185. The zero-order valence-corrected chi connectivity index (χ0v) is 10.4. The predicted molar refractivity (Wildman–Crippen MR) is 65.1 cm³/mol. The van der Waals surface area contributed by atoms with Crippen molar-refractivity contribution in [3.63, 3.8) is 0 Å². The molecule has 2 aliphatic heterocycles. The molecule has 0 saturated carbocycles. The molecule has 1 atom stereocenters. The summed E-state index contributed by atoms with van der Waals surface area (Å²) in [7, 11) is 0. The molecular weight excluding hydrogens is 184 g/mol. The lowest BCUT2D eigenvalue weighted by Crippen LogP contribution is -2.39. The van der Waals surface area contributed by atoms with Crippen LogP contribution in [0.25, 0.3) is 0 Å². The molecule has 15 heavy (non-hydrogen) atoms. The summed E-state index contributed by atoms with van der Waals surface area (Å²) in [4.78, 5) is 2.66. The highest BCUT2D eigenvalue weighted by Crippen LogP contribution is 2.29. The minimum Gasteiger partial charge on any atom is -0.314 e. The highest BCUT2D eigenvalue weighted by Gasteiger charge is 2.25. The third-order valence-corrected chi connectivity index (χ3v) is 4.17. The van der Waals surface area contributed by atoms with Crippen molar-refractivity contribution >= 4 is 0 Å². The molecule has 0 amide bonds. The molecule has 1 unspecified atom stereocenters. The Kier molecular flexibility index (Phi) is 3.68. The van der Waals surface area contributed by atoms with Crippen molar-refractivity contribution in [2.75, 3.05) is 26.2 Å². The zero-order chi connectivity index (χ0) is 10.7. The van der Waals surface area contributed by atoms with Gasteiger partial charge in [0.25, 0.3) is 0 Å². The first-order valence-corrected chi connectivity index (χ1v) is 6.61. The van der Waals surface area contributed by atoms with Crippen LogP contribution in [0.2, 0.25) is 0 Å². The summed E-state index contributed by atoms with van der Waals surface area (Å²) in [6.07, 6.45) is 6.91. The largest absolute Gasteiger partial charge is 0.314 e. The van der Waals surface area contributed by atoms with Gasteiger partial charge >= 0.3 is 0 Å². The van der Waals surface area contributed by atoms with Gasteiger partial charge in [0.1, 0.15) is 0 Å². The van der Waals surface area contributed by atoms with Gasteiger partial charge in [0.2, 0.25) is 0 Å². The number of nitrogens with one attached hydrogen (secondary N) is 1. The van der Waals surface area contributed by atoms with Gasteiger partial charge < -0.3 is 10.2 Å².